The summed E-state index contributed by atoms with van der Waals surface area (Å²) in [5.41, 5.74) is 5.88. The highest BCUT2D eigenvalue weighted by Crippen LogP contribution is 2.43. The van der Waals surface area contributed by atoms with Crippen LogP contribution in [0.3, 0.4) is 0 Å². The number of ether oxygens (including phenoxy) is 2. The number of carbonyl (C=O) groups is 1. The fraction of sp³-hybridized carbons (Fsp3) is 0.214. The van der Waals surface area contributed by atoms with Gasteiger partial charge in [0.2, 0.25) is 5.95 Å². The minimum atomic E-state index is -0.463. The van der Waals surface area contributed by atoms with Gasteiger partial charge >= 0.3 is 0 Å². The largest absolute Gasteiger partial charge is 0.497 e. The molecule has 0 spiro atoms. The van der Waals surface area contributed by atoms with E-state index in [9.17, 15) is 4.79 Å². The number of para-hydroxylation sites is 2. The van der Waals surface area contributed by atoms with Crippen molar-refractivity contribution in [2.75, 3.05) is 24.9 Å². The van der Waals surface area contributed by atoms with E-state index >= 15 is 0 Å². The second-order valence-corrected chi connectivity index (χ2v) is 8.47. The van der Waals surface area contributed by atoms with Gasteiger partial charge in [0.25, 0.3) is 5.91 Å². The summed E-state index contributed by atoms with van der Waals surface area (Å²) in [5.74, 6) is 1.80. The van der Waals surface area contributed by atoms with Crippen LogP contribution in [0.2, 0.25) is 0 Å². The van der Waals surface area contributed by atoms with Crippen molar-refractivity contribution in [2.45, 2.75) is 26.3 Å². The molecule has 178 valence electrons. The number of allylic oxidation sites excluding steroid dienone is 1. The van der Waals surface area contributed by atoms with Crippen LogP contribution in [0.1, 0.15) is 31.0 Å². The Morgan fingerprint density at radius 1 is 1.06 bits per heavy atom. The molecule has 1 amide bonds. The lowest BCUT2D eigenvalue weighted by Gasteiger charge is -2.31. The zero-order valence-electron chi connectivity index (χ0n) is 20.3. The van der Waals surface area contributed by atoms with Gasteiger partial charge in [-0.1, -0.05) is 31.2 Å². The van der Waals surface area contributed by atoms with Crippen molar-refractivity contribution in [3.63, 3.8) is 0 Å². The van der Waals surface area contributed by atoms with Crippen LogP contribution in [0.25, 0.3) is 11.0 Å². The number of imidazole rings is 1. The molecule has 5 rings (SSSR count). The summed E-state index contributed by atoms with van der Waals surface area (Å²) in [7, 11) is 3.24. The summed E-state index contributed by atoms with van der Waals surface area (Å²) in [6, 6.07) is 21.0. The van der Waals surface area contributed by atoms with E-state index in [-0.39, 0.29) is 5.91 Å². The molecule has 7 nitrogen and oxygen atoms in total. The molecule has 0 bridgehead atoms. The van der Waals surface area contributed by atoms with Gasteiger partial charge in [-0.05, 0) is 55.3 Å². The number of rotatable bonds is 6. The van der Waals surface area contributed by atoms with Gasteiger partial charge in [-0.2, -0.15) is 0 Å². The molecule has 0 unspecified atom stereocenters. The van der Waals surface area contributed by atoms with Crippen LogP contribution in [0.4, 0.5) is 11.6 Å². The molecule has 35 heavy (non-hydrogen) atoms. The van der Waals surface area contributed by atoms with Crippen molar-refractivity contribution in [1.29, 1.82) is 0 Å². The molecule has 1 aromatic heterocycles. The number of carbonyl (C=O) groups excluding carboxylic acids is 1. The van der Waals surface area contributed by atoms with Crippen molar-refractivity contribution in [2.24, 2.45) is 0 Å². The van der Waals surface area contributed by atoms with Gasteiger partial charge < -0.3 is 20.1 Å². The third kappa shape index (κ3) is 3.99. The fourth-order valence-corrected chi connectivity index (χ4v) is 4.62. The van der Waals surface area contributed by atoms with E-state index in [0.29, 0.717) is 23.0 Å². The van der Waals surface area contributed by atoms with Crippen LogP contribution < -0.4 is 20.1 Å². The van der Waals surface area contributed by atoms with E-state index < -0.39 is 6.04 Å². The normalized spacial score (nSPS) is 14.9. The lowest BCUT2D eigenvalue weighted by Crippen LogP contribution is -2.31. The van der Waals surface area contributed by atoms with E-state index in [4.69, 9.17) is 14.5 Å². The van der Waals surface area contributed by atoms with Gasteiger partial charge in [0.1, 0.15) is 11.5 Å². The molecule has 0 radical (unpaired) electrons. The number of nitrogens with zero attached hydrogens (tertiary/aromatic N) is 2. The third-order valence-corrected chi connectivity index (χ3v) is 6.43. The predicted molar refractivity (Wildman–Crippen MR) is 138 cm³/mol. The van der Waals surface area contributed by atoms with Crippen molar-refractivity contribution in [3.8, 4) is 11.5 Å². The van der Waals surface area contributed by atoms with Gasteiger partial charge in [0.15, 0.2) is 0 Å². The summed E-state index contributed by atoms with van der Waals surface area (Å²) < 4.78 is 13.2. The molecule has 2 N–H and O–H groups in total. The molecule has 0 saturated heterocycles. The highest BCUT2D eigenvalue weighted by molar-refractivity contribution is 6.06. The quantitative estimate of drug-likeness (QED) is 0.388. The third-order valence-electron chi connectivity index (χ3n) is 6.43. The van der Waals surface area contributed by atoms with Gasteiger partial charge in [-0.25, -0.2) is 4.98 Å². The lowest BCUT2D eigenvalue weighted by atomic mass is 9.93. The van der Waals surface area contributed by atoms with Crippen LogP contribution in [0.5, 0.6) is 11.5 Å². The molecule has 4 aromatic rings. The molecule has 0 saturated carbocycles. The monoisotopic (exact) mass is 468 g/mol. The van der Waals surface area contributed by atoms with Crippen LogP contribution in [-0.4, -0.2) is 29.7 Å². The van der Waals surface area contributed by atoms with Crippen LogP contribution >= 0.6 is 0 Å². The molecule has 2 heterocycles. The van der Waals surface area contributed by atoms with E-state index in [2.05, 4.69) is 22.1 Å². The molecular formula is C28H28N4O3. The van der Waals surface area contributed by atoms with Crippen molar-refractivity contribution >= 4 is 28.6 Å². The summed E-state index contributed by atoms with van der Waals surface area (Å²) in [5, 5.41) is 6.44. The first-order valence-corrected chi connectivity index (χ1v) is 11.6. The Bertz CT molecular complexity index is 1440. The van der Waals surface area contributed by atoms with Gasteiger partial charge in [-0.3, -0.25) is 9.36 Å². The number of hydrogen-bond acceptors (Lipinski definition) is 5. The minimum Gasteiger partial charge on any atom is -0.497 e. The summed E-state index contributed by atoms with van der Waals surface area (Å²) in [4.78, 5) is 18.6. The Morgan fingerprint density at radius 3 is 2.54 bits per heavy atom. The van der Waals surface area contributed by atoms with Crippen LogP contribution in [-0.2, 0) is 11.2 Å². The summed E-state index contributed by atoms with van der Waals surface area (Å²) in [6.07, 6.45) is 0.943. The van der Waals surface area contributed by atoms with Crippen molar-refractivity contribution < 1.29 is 14.3 Å². The maximum Gasteiger partial charge on any atom is 0.255 e. The molecule has 0 aliphatic carbocycles. The molecule has 1 aliphatic heterocycles. The van der Waals surface area contributed by atoms with E-state index in [1.165, 1.54) is 5.56 Å². The SMILES string of the molecule is CCc1ccc(NC(=O)C2=C(C)Nc3nc4ccccc4n3[C@H]2c2ccc(OC)cc2OC)cc1. The highest BCUT2D eigenvalue weighted by atomic mass is 16.5. The predicted octanol–water partition coefficient (Wildman–Crippen LogP) is 5.54. The van der Waals surface area contributed by atoms with Gasteiger partial charge in [0.05, 0.1) is 36.9 Å². The van der Waals surface area contributed by atoms with Crippen LogP contribution in [0.15, 0.2) is 78.0 Å². The first-order valence-electron chi connectivity index (χ1n) is 11.6. The topological polar surface area (TPSA) is 77.4 Å². The van der Waals surface area contributed by atoms with Crippen molar-refractivity contribution in [1.82, 2.24) is 9.55 Å². The van der Waals surface area contributed by atoms with Crippen molar-refractivity contribution in [3.05, 3.63) is 89.1 Å². The maximum absolute atomic E-state index is 13.8. The number of methoxy groups -OCH3 is 2. The Morgan fingerprint density at radius 2 is 1.83 bits per heavy atom. The van der Waals surface area contributed by atoms with E-state index in [1.54, 1.807) is 14.2 Å². The zero-order valence-corrected chi connectivity index (χ0v) is 20.3. The summed E-state index contributed by atoms with van der Waals surface area (Å²) in [6.45, 7) is 4.01. The first kappa shape index (κ1) is 22.5. The number of hydrogen-bond donors (Lipinski definition) is 2. The Hall–Kier alpha value is -4.26. The second-order valence-electron chi connectivity index (χ2n) is 8.47. The first-order chi connectivity index (χ1) is 17.0. The molecule has 7 heteroatoms. The maximum atomic E-state index is 13.8. The standard InChI is InChI=1S/C28H28N4O3/c1-5-18-10-12-19(13-11-18)30-27(33)25-17(2)29-28-31-22-8-6-7-9-23(22)32(28)26(25)21-15-14-20(34-3)16-24(21)35-4/h6-16,26H,5H2,1-4H3,(H,29,31)(H,30,33)/t26-/m0/s1. The average Bonchev–Trinajstić information content (AvgIpc) is 3.25. The number of anilines is 2. The fourth-order valence-electron chi connectivity index (χ4n) is 4.62. The van der Waals surface area contributed by atoms with E-state index in [0.717, 1.165) is 34.4 Å². The lowest BCUT2D eigenvalue weighted by molar-refractivity contribution is -0.113. The van der Waals surface area contributed by atoms with Gasteiger partial charge in [-0.15, -0.1) is 0 Å². The Labute approximate surface area is 204 Å². The number of nitrogens with one attached hydrogen (secondary N) is 2. The molecular weight excluding hydrogens is 440 g/mol. The molecule has 1 aliphatic rings. The summed E-state index contributed by atoms with van der Waals surface area (Å²) >= 11 is 0. The highest BCUT2D eigenvalue weighted by Gasteiger charge is 2.35. The van der Waals surface area contributed by atoms with Crippen LogP contribution in [0, 0.1) is 0 Å². The number of amides is 1. The van der Waals surface area contributed by atoms with Gasteiger partial charge in [0, 0.05) is 23.0 Å². The number of fused-ring (bicyclic) bond motifs is 3. The minimum absolute atomic E-state index is 0.189. The Kier molecular flexibility index (Phi) is 5.91. The molecule has 0 fully saturated rings. The number of benzene rings is 3. The number of aromatic nitrogens is 2. The number of aryl methyl sites for hydroxylation is 1. The Balaban J connectivity index is 1.66. The molecule has 1 atom stereocenters. The van der Waals surface area contributed by atoms with E-state index in [1.807, 2.05) is 73.7 Å². The average molecular weight is 469 g/mol. The molecule has 3 aromatic carbocycles. The second kappa shape index (κ2) is 9.18. The zero-order chi connectivity index (χ0) is 24.5. The smallest absolute Gasteiger partial charge is 0.255 e.